The zero-order chi connectivity index (χ0) is 15.1. The summed E-state index contributed by atoms with van der Waals surface area (Å²) in [6, 6.07) is 0.196. The molecular weight excluding hydrogens is 256 g/mol. The zero-order valence-corrected chi connectivity index (χ0v) is 13.1. The first-order valence-corrected chi connectivity index (χ1v) is 7.55. The van der Waals surface area contributed by atoms with Gasteiger partial charge in [-0.2, -0.15) is 0 Å². The molecule has 1 aliphatic rings. The zero-order valence-electron chi connectivity index (χ0n) is 13.1. The highest BCUT2D eigenvalue weighted by molar-refractivity contribution is 5.78. The van der Waals surface area contributed by atoms with E-state index in [1.54, 1.807) is 0 Å². The summed E-state index contributed by atoms with van der Waals surface area (Å²) in [5.41, 5.74) is 0. The third-order valence-corrected chi connectivity index (χ3v) is 3.92. The second kappa shape index (κ2) is 8.25. The van der Waals surface area contributed by atoms with Gasteiger partial charge in [0.05, 0.1) is 7.11 Å². The van der Waals surface area contributed by atoms with Crippen molar-refractivity contribution in [3.05, 3.63) is 0 Å². The van der Waals surface area contributed by atoms with Crippen molar-refractivity contribution >= 4 is 11.9 Å². The number of likely N-dealkylation sites (tertiary alicyclic amines) is 1. The second-order valence-electron chi connectivity index (χ2n) is 5.93. The van der Waals surface area contributed by atoms with Gasteiger partial charge in [0.2, 0.25) is 5.91 Å². The van der Waals surface area contributed by atoms with E-state index in [1.807, 2.05) is 13.8 Å². The summed E-state index contributed by atoms with van der Waals surface area (Å²) in [6.07, 6.45) is 2.24. The third kappa shape index (κ3) is 5.49. The second-order valence-corrected chi connectivity index (χ2v) is 5.93. The van der Waals surface area contributed by atoms with Crippen molar-refractivity contribution in [2.45, 2.75) is 46.1 Å². The van der Waals surface area contributed by atoms with E-state index in [0.717, 1.165) is 32.5 Å². The molecule has 1 heterocycles. The van der Waals surface area contributed by atoms with Crippen LogP contribution in [0, 0.1) is 11.8 Å². The number of rotatable bonds is 6. The quantitative estimate of drug-likeness (QED) is 0.750. The van der Waals surface area contributed by atoms with Gasteiger partial charge in [-0.25, -0.2) is 0 Å². The number of nitrogens with zero attached hydrogens (tertiary/aromatic N) is 1. The minimum Gasteiger partial charge on any atom is -0.469 e. The van der Waals surface area contributed by atoms with E-state index in [1.165, 1.54) is 7.11 Å². The molecule has 0 aliphatic carbocycles. The van der Waals surface area contributed by atoms with Crippen molar-refractivity contribution in [1.29, 1.82) is 0 Å². The molecule has 20 heavy (non-hydrogen) atoms. The topological polar surface area (TPSA) is 58.6 Å². The van der Waals surface area contributed by atoms with E-state index in [2.05, 4.69) is 17.1 Å². The number of nitrogens with one attached hydrogen (secondary N) is 1. The molecule has 0 spiro atoms. The van der Waals surface area contributed by atoms with E-state index < -0.39 is 0 Å². The number of carbonyl (C=O) groups is 2. The highest BCUT2D eigenvalue weighted by Gasteiger charge is 2.28. The normalized spacial score (nSPS) is 23.6. The molecule has 0 aromatic carbocycles. The maximum Gasteiger partial charge on any atom is 0.305 e. The molecule has 5 heteroatoms. The Bertz CT molecular complexity index is 331. The Balaban J connectivity index is 2.51. The van der Waals surface area contributed by atoms with Gasteiger partial charge in [-0.05, 0) is 25.3 Å². The lowest BCUT2D eigenvalue weighted by Gasteiger charge is -2.37. The molecule has 1 fully saturated rings. The van der Waals surface area contributed by atoms with Gasteiger partial charge in [-0.1, -0.05) is 20.8 Å². The van der Waals surface area contributed by atoms with Crippen molar-refractivity contribution in [3.8, 4) is 0 Å². The number of esters is 1. The average Bonchev–Trinajstić information content (AvgIpc) is 2.44. The van der Waals surface area contributed by atoms with E-state index in [4.69, 9.17) is 4.74 Å². The molecule has 0 aromatic heterocycles. The van der Waals surface area contributed by atoms with Crippen LogP contribution >= 0.6 is 0 Å². The smallest absolute Gasteiger partial charge is 0.305 e. The highest BCUT2D eigenvalue weighted by Crippen LogP contribution is 2.21. The molecule has 1 amide bonds. The van der Waals surface area contributed by atoms with Crippen LogP contribution in [-0.4, -0.2) is 49.6 Å². The van der Waals surface area contributed by atoms with Crippen LogP contribution in [0.1, 0.15) is 40.0 Å². The lowest BCUT2D eigenvalue weighted by molar-refractivity contribution is -0.141. The summed E-state index contributed by atoms with van der Waals surface area (Å²) >= 11 is 0. The third-order valence-electron chi connectivity index (χ3n) is 3.92. The first-order valence-electron chi connectivity index (χ1n) is 7.55. The minimum absolute atomic E-state index is 0.0144. The molecule has 0 radical (unpaired) electrons. The number of hydrogen-bond donors (Lipinski definition) is 1. The summed E-state index contributed by atoms with van der Waals surface area (Å²) in [5.74, 6) is 0.418. The summed E-state index contributed by atoms with van der Waals surface area (Å²) in [6.45, 7) is 8.83. The highest BCUT2D eigenvalue weighted by atomic mass is 16.5. The Hall–Kier alpha value is -1.10. The molecule has 1 rings (SSSR count). The first kappa shape index (κ1) is 17.0. The van der Waals surface area contributed by atoms with E-state index in [0.29, 0.717) is 12.3 Å². The van der Waals surface area contributed by atoms with Gasteiger partial charge in [0.15, 0.2) is 0 Å². The number of carbonyl (C=O) groups excluding carboxylic acids is 2. The van der Waals surface area contributed by atoms with Gasteiger partial charge in [-0.15, -0.1) is 0 Å². The molecule has 5 nitrogen and oxygen atoms in total. The van der Waals surface area contributed by atoms with Gasteiger partial charge >= 0.3 is 5.97 Å². The van der Waals surface area contributed by atoms with Crippen molar-refractivity contribution in [2.75, 3.05) is 26.7 Å². The fourth-order valence-electron chi connectivity index (χ4n) is 2.67. The number of piperidine rings is 1. The van der Waals surface area contributed by atoms with Crippen LogP contribution < -0.4 is 5.32 Å². The van der Waals surface area contributed by atoms with Crippen LogP contribution in [-0.2, 0) is 14.3 Å². The number of amides is 1. The molecule has 2 unspecified atom stereocenters. The standard InChI is InChI=1S/C15H28N2O3/c1-5-17-9-12(6-7-14(18)20-4)8-13(10-17)16-15(19)11(2)3/h11-13H,5-10H2,1-4H3,(H,16,19). The number of likely N-dealkylation sites (N-methyl/N-ethyl adjacent to an activating group) is 1. The predicted molar refractivity (Wildman–Crippen MR) is 78.2 cm³/mol. The molecule has 0 bridgehead atoms. The Kier molecular flexibility index (Phi) is 6.99. The number of ether oxygens (including phenoxy) is 1. The van der Waals surface area contributed by atoms with Crippen molar-refractivity contribution < 1.29 is 14.3 Å². The van der Waals surface area contributed by atoms with E-state index in [-0.39, 0.29) is 23.8 Å². The molecule has 1 aliphatic heterocycles. The Morgan fingerprint density at radius 3 is 2.60 bits per heavy atom. The van der Waals surface area contributed by atoms with Gasteiger partial charge in [0, 0.05) is 31.5 Å². The molecule has 116 valence electrons. The Labute approximate surface area is 122 Å². The fourth-order valence-corrected chi connectivity index (χ4v) is 2.67. The first-order chi connectivity index (χ1) is 9.46. The molecule has 2 atom stereocenters. The van der Waals surface area contributed by atoms with Crippen LogP contribution in [0.2, 0.25) is 0 Å². The molecule has 1 saturated heterocycles. The van der Waals surface area contributed by atoms with Gasteiger partial charge in [0.1, 0.15) is 0 Å². The largest absolute Gasteiger partial charge is 0.469 e. The monoisotopic (exact) mass is 284 g/mol. The summed E-state index contributed by atoms with van der Waals surface area (Å²) in [4.78, 5) is 25.4. The Morgan fingerprint density at radius 1 is 1.35 bits per heavy atom. The van der Waals surface area contributed by atoms with Crippen LogP contribution in [0.25, 0.3) is 0 Å². The van der Waals surface area contributed by atoms with Crippen molar-refractivity contribution in [2.24, 2.45) is 11.8 Å². The lowest BCUT2D eigenvalue weighted by Crippen LogP contribution is -2.51. The van der Waals surface area contributed by atoms with Crippen LogP contribution in [0.15, 0.2) is 0 Å². The SMILES string of the molecule is CCN1CC(CCC(=O)OC)CC(NC(=O)C(C)C)C1. The fraction of sp³-hybridized carbons (Fsp3) is 0.867. The number of hydrogen-bond acceptors (Lipinski definition) is 4. The average molecular weight is 284 g/mol. The van der Waals surface area contributed by atoms with Gasteiger partial charge in [0.25, 0.3) is 0 Å². The van der Waals surface area contributed by atoms with Gasteiger partial charge < -0.3 is 15.0 Å². The van der Waals surface area contributed by atoms with Crippen LogP contribution in [0.4, 0.5) is 0 Å². The maximum absolute atomic E-state index is 11.8. The summed E-state index contributed by atoms with van der Waals surface area (Å²) in [7, 11) is 1.42. The minimum atomic E-state index is -0.151. The Morgan fingerprint density at radius 2 is 2.05 bits per heavy atom. The maximum atomic E-state index is 11.8. The van der Waals surface area contributed by atoms with E-state index in [9.17, 15) is 9.59 Å². The van der Waals surface area contributed by atoms with Crippen LogP contribution in [0.5, 0.6) is 0 Å². The summed E-state index contributed by atoms with van der Waals surface area (Å²) < 4.78 is 4.70. The van der Waals surface area contributed by atoms with Crippen molar-refractivity contribution in [1.82, 2.24) is 10.2 Å². The van der Waals surface area contributed by atoms with Crippen molar-refractivity contribution in [3.63, 3.8) is 0 Å². The predicted octanol–water partition coefficient (Wildman–Crippen LogP) is 1.42. The van der Waals surface area contributed by atoms with Gasteiger partial charge in [-0.3, -0.25) is 9.59 Å². The van der Waals surface area contributed by atoms with Crippen LogP contribution in [0.3, 0.4) is 0 Å². The molecule has 1 N–H and O–H groups in total. The summed E-state index contributed by atoms with van der Waals surface area (Å²) in [5, 5.41) is 3.12. The van der Waals surface area contributed by atoms with E-state index >= 15 is 0 Å². The lowest BCUT2D eigenvalue weighted by atomic mass is 9.90. The molecule has 0 saturated carbocycles. The molecular formula is C15H28N2O3. The molecule has 0 aromatic rings. The number of methoxy groups -OCH3 is 1.